The van der Waals surface area contributed by atoms with Gasteiger partial charge in [-0.25, -0.2) is 15.8 Å². The summed E-state index contributed by atoms with van der Waals surface area (Å²) in [7, 11) is 0. The molecule has 6 heteroatoms. The zero-order valence-corrected chi connectivity index (χ0v) is 12.4. The van der Waals surface area contributed by atoms with E-state index in [2.05, 4.69) is 27.6 Å². The predicted octanol–water partition coefficient (Wildman–Crippen LogP) is 2.00. The quantitative estimate of drug-likeness (QED) is 0.545. The lowest BCUT2D eigenvalue weighted by Gasteiger charge is -2.23. The number of rotatable bonds is 6. The van der Waals surface area contributed by atoms with E-state index in [1.54, 1.807) is 0 Å². The van der Waals surface area contributed by atoms with Crippen molar-refractivity contribution in [3.63, 3.8) is 0 Å². The van der Waals surface area contributed by atoms with Crippen LogP contribution in [-0.4, -0.2) is 29.2 Å². The summed E-state index contributed by atoms with van der Waals surface area (Å²) in [6.07, 6.45) is 5.67. The number of nitrogens with two attached hydrogens (primary N) is 1. The number of nitrogens with zero attached hydrogens (tertiary/aromatic N) is 2. The van der Waals surface area contributed by atoms with Crippen molar-refractivity contribution in [2.75, 3.05) is 23.9 Å². The Balaban J connectivity index is 2.06. The molecule has 6 nitrogen and oxygen atoms in total. The summed E-state index contributed by atoms with van der Waals surface area (Å²) in [4.78, 5) is 9.00. The van der Waals surface area contributed by atoms with E-state index in [1.165, 1.54) is 12.8 Å². The third kappa shape index (κ3) is 3.80. The molecule has 0 saturated carbocycles. The Morgan fingerprint density at radius 3 is 2.75 bits per heavy atom. The molecule has 0 bridgehead atoms. The molecule has 2 rings (SSSR count). The normalized spacial score (nSPS) is 18.9. The van der Waals surface area contributed by atoms with Crippen LogP contribution in [0.15, 0.2) is 0 Å². The van der Waals surface area contributed by atoms with Crippen LogP contribution in [0.1, 0.15) is 44.0 Å². The SMILES string of the molecule is CCCc1nc(NN)c(C)c(NCC2CCCCO2)n1. The highest BCUT2D eigenvalue weighted by Crippen LogP contribution is 2.21. The number of aryl methyl sites for hydroxylation is 1. The smallest absolute Gasteiger partial charge is 0.148 e. The molecule has 0 radical (unpaired) electrons. The van der Waals surface area contributed by atoms with Gasteiger partial charge in [0.2, 0.25) is 0 Å². The second kappa shape index (κ2) is 7.40. The molecule has 1 aromatic heterocycles. The summed E-state index contributed by atoms with van der Waals surface area (Å²) in [5.74, 6) is 7.89. The summed E-state index contributed by atoms with van der Waals surface area (Å²) in [6.45, 7) is 5.73. The molecule has 0 amide bonds. The van der Waals surface area contributed by atoms with Gasteiger partial charge in [-0.2, -0.15) is 0 Å². The summed E-state index contributed by atoms with van der Waals surface area (Å²) in [6, 6.07) is 0. The standard InChI is InChI=1S/C14H25N5O/c1-3-6-12-17-13(10(2)14(18-12)19-15)16-9-11-7-4-5-8-20-11/h11H,3-9,15H2,1-2H3,(H2,16,17,18,19). The van der Waals surface area contributed by atoms with Crippen LogP contribution in [0.5, 0.6) is 0 Å². The Morgan fingerprint density at radius 1 is 1.30 bits per heavy atom. The molecule has 1 unspecified atom stereocenters. The van der Waals surface area contributed by atoms with E-state index in [0.29, 0.717) is 5.82 Å². The Hall–Kier alpha value is -1.40. The maximum absolute atomic E-state index is 5.73. The maximum Gasteiger partial charge on any atom is 0.148 e. The third-order valence-corrected chi connectivity index (χ3v) is 3.57. The number of hydrogen-bond donors (Lipinski definition) is 3. The molecular formula is C14H25N5O. The van der Waals surface area contributed by atoms with Gasteiger partial charge in [0, 0.05) is 25.1 Å². The first-order chi connectivity index (χ1) is 9.74. The average molecular weight is 279 g/mol. The van der Waals surface area contributed by atoms with Crippen molar-refractivity contribution in [3.05, 3.63) is 11.4 Å². The highest BCUT2D eigenvalue weighted by Gasteiger charge is 2.15. The minimum atomic E-state index is 0.280. The van der Waals surface area contributed by atoms with Crippen molar-refractivity contribution in [1.82, 2.24) is 9.97 Å². The van der Waals surface area contributed by atoms with Crippen molar-refractivity contribution >= 4 is 11.6 Å². The lowest BCUT2D eigenvalue weighted by molar-refractivity contribution is 0.0247. The molecule has 2 heterocycles. The summed E-state index contributed by atoms with van der Waals surface area (Å²) in [5, 5.41) is 3.38. The second-order valence-electron chi connectivity index (χ2n) is 5.23. The molecule has 4 N–H and O–H groups in total. The number of hydrazine groups is 1. The van der Waals surface area contributed by atoms with Crippen LogP contribution >= 0.6 is 0 Å². The predicted molar refractivity (Wildman–Crippen MR) is 80.7 cm³/mol. The van der Waals surface area contributed by atoms with Crippen molar-refractivity contribution in [3.8, 4) is 0 Å². The first-order valence-corrected chi connectivity index (χ1v) is 7.44. The zero-order valence-electron chi connectivity index (χ0n) is 12.4. The van der Waals surface area contributed by atoms with Crippen molar-refractivity contribution in [2.24, 2.45) is 5.84 Å². The number of aromatic nitrogens is 2. The maximum atomic E-state index is 5.73. The van der Waals surface area contributed by atoms with Crippen molar-refractivity contribution in [1.29, 1.82) is 0 Å². The molecule has 20 heavy (non-hydrogen) atoms. The van der Waals surface area contributed by atoms with E-state index in [-0.39, 0.29) is 6.10 Å². The Bertz CT molecular complexity index is 432. The van der Waals surface area contributed by atoms with E-state index >= 15 is 0 Å². The van der Waals surface area contributed by atoms with Crippen molar-refractivity contribution in [2.45, 2.75) is 52.1 Å². The van der Waals surface area contributed by atoms with Crippen LogP contribution in [0.25, 0.3) is 0 Å². The first-order valence-electron chi connectivity index (χ1n) is 7.44. The number of nitrogens with one attached hydrogen (secondary N) is 2. The molecular weight excluding hydrogens is 254 g/mol. The van der Waals surface area contributed by atoms with Gasteiger partial charge in [0.05, 0.1) is 6.10 Å². The van der Waals surface area contributed by atoms with E-state index in [0.717, 1.165) is 49.6 Å². The lowest BCUT2D eigenvalue weighted by atomic mass is 10.1. The van der Waals surface area contributed by atoms with Gasteiger partial charge < -0.3 is 15.5 Å². The number of nitrogen functional groups attached to an aromatic ring is 1. The molecule has 1 fully saturated rings. The van der Waals surface area contributed by atoms with E-state index in [9.17, 15) is 0 Å². The van der Waals surface area contributed by atoms with Crippen LogP contribution in [0.2, 0.25) is 0 Å². The van der Waals surface area contributed by atoms with Crippen LogP contribution in [0.3, 0.4) is 0 Å². The van der Waals surface area contributed by atoms with Gasteiger partial charge in [0.25, 0.3) is 0 Å². The van der Waals surface area contributed by atoms with Crippen LogP contribution in [-0.2, 0) is 11.2 Å². The topological polar surface area (TPSA) is 85.1 Å². The molecule has 0 aromatic carbocycles. The molecule has 1 saturated heterocycles. The lowest BCUT2D eigenvalue weighted by Crippen LogP contribution is -2.28. The van der Waals surface area contributed by atoms with E-state index in [1.807, 2.05) is 6.92 Å². The fourth-order valence-corrected chi connectivity index (χ4v) is 2.39. The van der Waals surface area contributed by atoms with Crippen molar-refractivity contribution < 1.29 is 4.74 Å². The monoisotopic (exact) mass is 279 g/mol. The van der Waals surface area contributed by atoms with Crippen LogP contribution in [0, 0.1) is 6.92 Å². The average Bonchev–Trinajstić information content (AvgIpc) is 2.48. The van der Waals surface area contributed by atoms with Gasteiger partial charge in [-0.05, 0) is 32.6 Å². The minimum absolute atomic E-state index is 0.280. The van der Waals surface area contributed by atoms with Gasteiger partial charge in [-0.1, -0.05) is 6.92 Å². The first kappa shape index (κ1) is 15.0. The molecule has 112 valence electrons. The Labute approximate surface area is 120 Å². The molecule has 0 aliphatic carbocycles. The van der Waals surface area contributed by atoms with Gasteiger partial charge in [0.15, 0.2) is 0 Å². The number of anilines is 2. The molecule has 0 spiro atoms. The van der Waals surface area contributed by atoms with Crippen LogP contribution < -0.4 is 16.6 Å². The Morgan fingerprint density at radius 2 is 2.10 bits per heavy atom. The largest absolute Gasteiger partial charge is 0.376 e. The fraction of sp³-hybridized carbons (Fsp3) is 0.714. The molecule has 1 aliphatic heterocycles. The molecule has 1 atom stereocenters. The second-order valence-corrected chi connectivity index (χ2v) is 5.23. The fourth-order valence-electron chi connectivity index (χ4n) is 2.39. The number of ether oxygens (including phenoxy) is 1. The molecule has 1 aliphatic rings. The summed E-state index contributed by atoms with van der Waals surface area (Å²) < 4.78 is 5.73. The third-order valence-electron chi connectivity index (χ3n) is 3.57. The zero-order chi connectivity index (χ0) is 14.4. The number of hydrogen-bond acceptors (Lipinski definition) is 6. The summed E-state index contributed by atoms with van der Waals surface area (Å²) in [5.41, 5.74) is 3.60. The molecule has 1 aromatic rings. The van der Waals surface area contributed by atoms with E-state index < -0.39 is 0 Å². The summed E-state index contributed by atoms with van der Waals surface area (Å²) >= 11 is 0. The van der Waals surface area contributed by atoms with Crippen LogP contribution in [0.4, 0.5) is 11.6 Å². The van der Waals surface area contributed by atoms with Gasteiger partial charge in [-0.15, -0.1) is 0 Å². The van der Waals surface area contributed by atoms with E-state index in [4.69, 9.17) is 10.6 Å². The van der Waals surface area contributed by atoms with Gasteiger partial charge in [0.1, 0.15) is 17.5 Å². The Kier molecular flexibility index (Phi) is 5.55. The van der Waals surface area contributed by atoms with Gasteiger partial charge in [-0.3, -0.25) is 0 Å². The highest BCUT2D eigenvalue weighted by atomic mass is 16.5. The van der Waals surface area contributed by atoms with Gasteiger partial charge >= 0.3 is 0 Å². The minimum Gasteiger partial charge on any atom is -0.376 e. The highest BCUT2D eigenvalue weighted by molar-refractivity contribution is 5.56.